The number of rotatable bonds is 9. The Bertz CT molecular complexity index is 1650. The van der Waals surface area contributed by atoms with Crippen LogP contribution in [0.25, 0.3) is 0 Å². The smallest absolute Gasteiger partial charge is 0.118 e. The van der Waals surface area contributed by atoms with Crippen LogP contribution in [0.4, 0.5) is 0 Å². The first kappa shape index (κ1) is 27.1. The van der Waals surface area contributed by atoms with Gasteiger partial charge in [0.05, 0.1) is 25.6 Å². The molecule has 0 spiro atoms. The van der Waals surface area contributed by atoms with E-state index in [-0.39, 0.29) is 0 Å². The molecule has 0 heterocycles. The Balaban J connectivity index is 1.55. The first-order valence-corrected chi connectivity index (χ1v) is 14.2. The van der Waals surface area contributed by atoms with Gasteiger partial charge in [-0.1, -0.05) is 140 Å². The fourth-order valence-corrected chi connectivity index (χ4v) is 5.97. The van der Waals surface area contributed by atoms with Crippen molar-refractivity contribution in [1.29, 1.82) is 0 Å². The maximum absolute atomic E-state index is 5.53. The Morgan fingerprint density at radius 2 is 0.667 bits per heavy atom. The molecule has 6 aromatic carbocycles. The summed E-state index contributed by atoms with van der Waals surface area (Å²) in [6.45, 7) is 0. The SMILES string of the molecule is COc1ccc([C](c2ccccc2)c2ccc(C(c3ccccc3)(c3ccccc3)c3ccc(OC)cc3)cc2)cc1. The highest BCUT2D eigenvalue weighted by Crippen LogP contribution is 2.46. The zero-order valence-electron chi connectivity index (χ0n) is 23.9. The van der Waals surface area contributed by atoms with Crippen LogP contribution < -0.4 is 9.47 Å². The third-order valence-corrected chi connectivity index (χ3v) is 7.98. The monoisotopic (exact) mass is 545 g/mol. The summed E-state index contributed by atoms with van der Waals surface area (Å²) in [6.07, 6.45) is 0. The molecule has 0 atom stereocenters. The van der Waals surface area contributed by atoms with Crippen molar-refractivity contribution in [2.45, 2.75) is 5.41 Å². The molecule has 205 valence electrons. The van der Waals surface area contributed by atoms with Gasteiger partial charge in [0.1, 0.15) is 11.5 Å². The van der Waals surface area contributed by atoms with E-state index in [1.807, 2.05) is 12.1 Å². The zero-order chi connectivity index (χ0) is 28.8. The first-order valence-electron chi connectivity index (χ1n) is 14.2. The van der Waals surface area contributed by atoms with Crippen molar-refractivity contribution in [3.8, 4) is 11.5 Å². The van der Waals surface area contributed by atoms with Gasteiger partial charge in [0.15, 0.2) is 0 Å². The second-order valence-corrected chi connectivity index (χ2v) is 10.3. The van der Waals surface area contributed by atoms with Crippen molar-refractivity contribution in [3.63, 3.8) is 0 Å². The molecule has 0 saturated carbocycles. The van der Waals surface area contributed by atoms with Crippen molar-refractivity contribution in [2.24, 2.45) is 0 Å². The maximum Gasteiger partial charge on any atom is 0.118 e. The topological polar surface area (TPSA) is 18.5 Å². The molecule has 0 unspecified atom stereocenters. The van der Waals surface area contributed by atoms with Gasteiger partial charge in [-0.2, -0.15) is 0 Å². The lowest BCUT2D eigenvalue weighted by Crippen LogP contribution is -2.31. The summed E-state index contributed by atoms with van der Waals surface area (Å²) in [6, 6.07) is 58.0. The van der Waals surface area contributed by atoms with Gasteiger partial charge in [-0.3, -0.25) is 0 Å². The molecule has 2 nitrogen and oxygen atoms in total. The largest absolute Gasteiger partial charge is 0.497 e. The maximum atomic E-state index is 5.53. The van der Waals surface area contributed by atoms with E-state index < -0.39 is 5.41 Å². The highest BCUT2D eigenvalue weighted by atomic mass is 16.5. The summed E-state index contributed by atoms with van der Waals surface area (Å²) < 4.78 is 11.0. The Morgan fingerprint density at radius 3 is 1.10 bits per heavy atom. The van der Waals surface area contributed by atoms with Crippen LogP contribution in [-0.4, -0.2) is 14.2 Å². The lowest BCUT2D eigenvalue weighted by Gasteiger charge is -2.37. The van der Waals surface area contributed by atoms with E-state index >= 15 is 0 Å². The van der Waals surface area contributed by atoms with Gasteiger partial charge < -0.3 is 9.47 Å². The molecule has 0 saturated heterocycles. The van der Waals surface area contributed by atoms with E-state index in [0.29, 0.717) is 0 Å². The van der Waals surface area contributed by atoms with Crippen LogP contribution in [0.2, 0.25) is 0 Å². The fourth-order valence-electron chi connectivity index (χ4n) is 5.97. The third kappa shape index (κ3) is 5.08. The quantitative estimate of drug-likeness (QED) is 0.169. The number of hydrogen-bond acceptors (Lipinski definition) is 2. The summed E-state index contributed by atoms with van der Waals surface area (Å²) in [4.78, 5) is 0. The number of ether oxygens (including phenoxy) is 2. The highest BCUT2D eigenvalue weighted by molar-refractivity contribution is 5.63. The number of hydrogen-bond donors (Lipinski definition) is 0. The molecule has 0 aliphatic rings. The van der Waals surface area contributed by atoms with E-state index in [4.69, 9.17) is 9.47 Å². The normalized spacial score (nSPS) is 11.3. The summed E-state index contributed by atoms with van der Waals surface area (Å²) in [5.74, 6) is 2.86. The van der Waals surface area contributed by atoms with Gasteiger partial charge in [-0.25, -0.2) is 0 Å². The van der Waals surface area contributed by atoms with Crippen LogP contribution in [-0.2, 0) is 5.41 Å². The molecule has 0 N–H and O–H groups in total. The molecule has 0 bridgehead atoms. The van der Waals surface area contributed by atoms with Crippen LogP contribution in [0.1, 0.15) is 38.9 Å². The average Bonchev–Trinajstić information content (AvgIpc) is 3.08. The molecule has 6 rings (SSSR count). The van der Waals surface area contributed by atoms with Crippen molar-refractivity contribution < 1.29 is 9.47 Å². The van der Waals surface area contributed by atoms with Gasteiger partial charge in [0.2, 0.25) is 0 Å². The fraction of sp³-hybridized carbons (Fsp3) is 0.0750. The van der Waals surface area contributed by atoms with Crippen LogP contribution in [0.3, 0.4) is 0 Å². The van der Waals surface area contributed by atoms with E-state index in [2.05, 4.69) is 152 Å². The van der Waals surface area contributed by atoms with Gasteiger partial charge >= 0.3 is 0 Å². The molecule has 0 amide bonds. The zero-order valence-corrected chi connectivity index (χ0v) is 23.9. The van der Waals surface area contributed by atoms with Gasteiger partial charge in [0, 0.05) is 0 Å². The highest BCUT2D eigenvalue weighted by Gasteiger charge is 2.38. The number of methoxy groups -OCH3 is 2. The van der Waals surface area contributed by atoms with Gasteiger partial charge in [-0.05, 0) is 63.2 Å². The lowest BCUT2D eigenvalue weighted by atomic mass is 9.65. The lowest BCUT2D eigenvalue weighted by molar-refractivity contribution is 0.414. The van der Waals surface area contributed by atoms with Crippen LogP contribution in [0, 0.1) is 5.92 Å². The summed E-state index contributed by atoms with van der Waals surface area (Å²) in [7, 11) is 3.41. The van der Waals surface area contributed by atoms with Gasteiger partial charge in [0.25, 0.3) is 0 Å². The molecule has 0 aliphatic heterocycles. The second kappa shape index (κ2) is 12.2. The van der Waals surface area contributed by atoms with Gasteiger partial charge in [-0.15, -0.1) is 0 Å². The predicted molar refractivity (Wildman–Crippen MR) is 171 cm³/mol. The first-order chi connectivity index (χ1) is 20.7. The molecular weight excluding hydrogens is 512 g/mol. The van der Waals surface area contributed by atoms with Crippen LogP contribution >= 0.6 is 0 Å². The molecule has 42 heavy (non-hydrogen) atoms. The summed E-state index contributed by atoms with van der Waals surface area (Å²) >= 11 is 0. The van der Waals surface area contributed by atoms with Crippen LogP contribution in [0.5, 0.6) is 11.5 Å². The molecule has 0 aromatic heterocycles. The Morgan fingerprint density at radius 1 is 0.357 bits per heavy atom. The number of benzene rings is 6. The van der Waals surface area contributed by atoms with Crippen molar-refractivity contribution >= 4 is 0 Å². The van der Waals surface area contributed by atoms with E-state index in [1.54, 1.807) is 14.2 Å². The molecule has 0 fully saturated rings. The minimum absolute atomic E-state index is 0.527. The summed E-state index contributed by atoms with van der Waals surface area (Å²) in [5, 5.41) is 0. The standard InChI is InChI=1S/C40H33O2/c1-41-37-26-20-32(21-27-37)39(30-12-6-3-7-13-30)31-18-22-35(23-19-31)40(33-14-8-4-9-15-33,34-16-10-5-11-17-34)36-24-28-38(42-2)29-25-36/h3-29H,1-2H3. The second-order valence-electron chi connectivity index (χ2n) is 10.3. The van der Waals surface area contributed by atoms with Crippen molar-refractivity contribution in [1.82, 2.24) is 0 Å². The van der Waals surface area contributed by atoms with Crippen LogP contribution in [0.15, 0.2) is 164 Å². The predicted octanol–water partition coefficient (Wildman–Crippen LogP) is 9.11. The molecule has 2 heteroatoms. The van der Waals surface area contributed by atoms with E-state index in [9.17, 15) is 0 Å². The minimum atomic E-state index is -0.527. The molecular formula is C40H33O2. The Labute approximate surface area is 248 Å². The Hall–Kier alpha value is -5.08. The third-order valence-electron chi connectivity index (χ3n) is 7.98. The average molecular weight is 546 g/mol. The molecule has 1 radical (unpaired) electrons. The Kier molecular flexibility index (Phi) is 7.87. The van der Waals surface area contributed by atoms with E-state index in [1.165, 1.54) is 33.7 Å². The summed E-state index contributed by atoms with van der Waals surface area (Å²) in [5.41, 5.74) is 7.71. The minimum Gasteiger partial charge on any atom is -0.497 e. The van der Waals surface area contributed by atoms with Crippen molar-refractivity contribution in [2.75, 3.05) is 14.2 Å². The molecule has 6 aromatic rings. The van der Waals surface area contributed by atoms with E-state index in [0.717, 1.165) is 22.6 Å². The molecule has 0 aliphatic carbocycles. The van der Waals surface area contributed by atoms with Crippen molar-refractivity contribution in [3.05, 3.63) is 209 Å².